The highest BCUT2D eigenvalue weighted by atomic mass is 35.5. The van der Waals surface area contributed by atoms with Gasteiger partial charge in [0.25, 0.3) is 0 Å². The molecule has 146 valence electrons. The molecule has 1 aliphatic rings. The van der Waals surface area contributed by atoms with Crippen molar-refractivity contribution in [2.75, 3.05) is 26.7 Å². The number of hydrogen-bond acceptors (Lipinski definition) is 4. The third-order valence-corrected chi connectivity index (χ3v) is 4.95. The molecule has 0 saturated carbocycles. The second kappa shape index (κ2) is 8.27. The summed E-state index contributed by atoms with van der Waals surface area (Å²) >= 11 is 6.00. The molecule has 1 fully saturated rings. The van der Waals surface area contributed by atoms with E-state index in [1.165, 1.54) is 0 Å². The maximum atomic E-state index is 12.7. The second-order valence-electron chi connectivity index (χ2n) is 7.49. The van der Waals surface area contributed by atoms with Crippen molar-refractivity contribution in [1.82, 2.24) is 25.1 Å². The van der Waals surface area contributed by atoms with E-state index in [1.54, 1.807) is 18.0 Å². The van der Waals surface area contributed by atoms with Gasteiger partial charge in [0, 0.05) is 31.7 Å². The Labute approximate surface area is 164 Å². The first-order chi connectivity index (χ1) is 12.8. The molecule has 27 heavy (non-hydrogen) atoms. The zero-order valence-electron chi connectivity index (χ0n) is 16.0. The Bertz CT molecular complexity index is 835. The van der Waals surface area contributed by atoms with E-state index in [-0.39, 0.29) is 18.2 Å². The number of nitrogens with one attached hydrogen (secondary N) is 2. The van der Waals surface area contributed by atoms with Crippen molar-refractivity contribution in [1.29, 1.82) is 0 Å². The summed E-state index contributed by atoms with van der Waals surface area (Å²) < 4.78 is 0. The molecule has 0 aliphatic carbocycles. The van der Waals surface area contributed by atoms with E-state index in [9.17, 15) is 9.59 Å². The van der Waals surface area contributed by atoms with Gasteiger partial charge in [-0.15, -0.1) is 0 Å². The predicted molar refractivity (Wildman–Crippen MR) is 105 cm³/mol. The van der Waals surface area contributed by atoms with Gasteiger partial charge in [-0.2, -0.15) is 0 Å². The van der Waals surface area contributed by atoms with E-state index in [0.29, 0.717) is 29.9 Å². The third kappa shape index (κ3) is 4.78. The number of amides is 2. The molecular formula is C19H26ClN5O2. The molecule has 1 aromatic heterocycles. The molecular weight excluding hydrogens is 366 g/mol. The Morgan fingerprint density at radius 1 is 1.44 bits per heavy atom. The van der Waals surface area contributed by atoms with Crippen molar-refractivity contribution in [2.45, 2.75) is 32.9 Å². The maximum absolute atomic E-state index is 12.7. The molecule has 0 spiro atoms. The molecule has 2 N–H and O–H groups in total. The van der Waals surface area contributed by atoms with Crippen molar-refractivity contribution in [3.63, 3.8) is 0 Å². The van der Waals surface area contributed by atoms with E-state index in [1.807, 2.05) is 12.1 Å². The number of imidazole rings is 1. The van der Waals surface area contributed by atoms with Crippen molar-refractivity contribution < 1.29 is 9.59 Å². The molecule has 1 atom stereocenters. The van der Waals surface area contributed by atoms with Gasteiger partial charge in [0.1, 0.15) is 5.82 Å². The number of aromatic amines is 1. The summed E-state index contributed by atoms with van der Waals surface area (Å²) in [6, 6.07) is 5.03. The highest BCUT2D eigenvalue weighted by Crippen LogP contribution is 2.18. The SMILES string of the molecule is CC(C)CN1CCNC(=O)C1CC(=O)N(C)Cc1nc2ccc(Cl)cc2[nH]1. The fourth-order valence-electron chi connectivity index (χ4n) is 3.42. The molecule has 1 unspecified atom stereocenters. The lowest BCUT2D eigenvalue weighted by Crippen LogP contribution is -2.57. The zero-order chi connectivity index (χ0) is 19.6. The van der Waals surface area contributed by atoms with Crippen LogP contribution in [-0.2, 0) is 16.1 Å². The topological polar surface area (TPSA) is 81.3 Å². The summed E-state index contributed by atoms with van der Waals surface area (Å²) in [4.78, 5) is 36.4. The molecule has 2 heterocycles. The lowest BCUT2D eigenvalue weighted by atomic mass is 10.1. The minimum Gasteiger partial charge on any atom is -0.353 e. The van der Waals surface area contributed by atoms with Crippen LogP contribution in [0.2, 0.25) is 5.02 Å². The van der Waals surface area contributed by atoms with Crippen molar-refractivity contribution in [3.8, 4) is 0 Å². The van der Waals surface area contributed by atoms with Gasteiger partial charge in [0.05, 0.1) is 30.0 Å². The summed E-state index contributed by atoms with van der Waals surface area (Å²) in [6.45, 7) is 6.79. The predicted octanol–water partition coefficient (Wildman–Crippen LogP) is 2.02. The number of carbonyl (C=O) groups is 2. The minimum absolute atomic E-state index is 0.0676. The molecule has 1 saturated heterocycles. The second-order valence-corrected chi connectivity index (χ2v) is 7.93. The Morgan fingerprint density at radius 3 is 2.96 bits per heavy atom. The van der Waals surface area contributed by atoms with E-state index in [0.717, 1.165) is 24.1 Å². The minimum atomic E-state index is -0.412. The van der Waals surface area contributed by atoms with Crippen LogP contribution in [0.1, 0.15) is 26.1 Å². The van der Waals surface area contributed by atoms with E-state index in [4.69, 9.17) is 11.6 Å². The highest BCUT2D eigenvalue weighted by Gasteiger charge is 2.32. The first-order valence-corrected chi connectivity index (χ1v) is 9.61. The van der Waals surface area contributed by atoms with Crippen LogP contribution in [0, 0.1) is 5.92 Å². The molecule has 1 aliphatic heterocycles. The number of nitrogens with zero attached hydrogens (tertiary/aromatic N) is 3. The number of halogens is 1. The number of carbonyl (C=O) groups excluding carboxylic acids is 2. The van der Waals surface area contributed by atoms with E-state index in [2.05, 4.69) is 34.0 Å². The Kier molecular flexibility index (Phi) is 6.01. The number of benzene rings is 1. The van der Waals surface area contributed by atoms with Gasteiger partial charge in [-0.1, -0.05) is 25.4 Å². The number of fused-ring (bicyclic) bond motifs is 1. The molecule has 7 nitrogen and oxygen atoms in total. The van der Waals surface area contributed by atoms with Gasteiger partial charge in [0.2, 0.25) is 11.8 Å². The Hall–Kier alpha value is -2.12. The summed E-state index contributed by atoms with van der Waals surface area (Å²) in [5, 5.41) is 3.50. The number of rotatable bonds is 6. The standard InChI is InChI=1S/C19H26ClN5O2/c1-12(2)10-25-7-6-21-19(27)16(25)9-18(26)24(3)11-17-22-14-5-4-13(20)8-15(14)23-17/h4-5,8,12,16H,6-7,9-11H2,1-3H3,(H,21,27)(H,22,23). The first kappa shape index (κ1) is 19.6. The van der Waals surface area contributed by atoms with Crippen LogP contribution in [0.25, 0.3) is 11.0 Å². The van der Waals surface area contributed by atoms with Gasteiger partial charge in [0.15, 0.2) is 0 Å². The third-order valence-electron chi connectivity index (χ3n) is 4.71. The van der Waals surface area contributed by atoms with Crippen LogP contribution in [-0.4, -0.2) is 64.3 Å². The quantitative estimate of drug-likeness (QED) is 0.789. The summed E-state index contributed by atoms with van der Waals surface area (Å²) in [7, 11) is 1.73. The Balaban J connectivity index is 1.65. The highest BCUT2D eigenvalue weighted by molar-refractivity contribution is 6.31. The Morgan fingerprint density at radius 2 is 2.22 bits per heavy atom. The van der Waals surface area contributed by atoms with E-state index < -0.39 is 6.04 Å². The summed E-state index contributed by atoms with van der Waals surface area (Å²) in [6.07, 6.45) is 0.168. The van der Waals surface area contributed by atoms with Crippen LogP contribution >= 0.6 is 11.6 Å². The van der Waals surface area contributed by atoms with Crippen LogP contribution in [0.3, 0.4) is 0 Å². The molecule has 2 aromatic rings. The molecule has 0 bridgehead atoms. The maximum Gasteiger partial charge on any atom is 0.237 e. The molecule has 1 aromatic carbocycles. The largest absolute Gasteiger partial charge is 0.353 e. The van der Waals surface area contributed by atoms with Crippen LogP contribution in [0.4, 0.5) is 0 Å². The van der Waals surface area contributed by atoms with Crippen LogP contribution in [0.15, 0.2) is 18.2 Å². The molecule has 3 rings (SSSR count). The van der Waals surface area contributed by atoms with E-state index >= 15 is 0 Å². The van der Waals surface area contributed by atoms with Crippen LogP contribution in [0.5, 0.6) is 0 Å². The zero-order valence-corrected chi connectivity index (χ0v) is 16.7. The molecule has 0 radical (unpaired) electrons. The lowest BCUT2D eigenvalue weighted by Gasteiger charge is -2.36. The monoisotopic (exact) mass is 391 g/mol. The lowest BCUT2D eigenvalue weighted by molar-refractivity contribution is -0.138. The van der Waals surface area contributed by atoms with Crippen molar-refractivity contribution in [3.05, 3.63) is 29.0 Å². The first-order valence-electron chi connectivity index (χ1n) is 9.23. The van der Waals surface area contributed by atoms with Gasteiger partial charge in [-0.3, -0.25) is 14.5 Å². The fraction of sp³-hybridized carbons (Fsp3) is 0.526. The van der Waals surface area contributed by atoms with Gasteiger partial charge in [-0.25, -0.2) is 4.98 Å². The smallest absolute Gasteiger partial charge is 0.237 e. The average molecular weight is 392 g/mol. The normalized spacial score (nSPS) is 18.1. The average Bonchev–Trinajstić information content (AvgIpc) is 2.98. The van der Waals surface area contributed by atoms with Gasteiger partial charge < -0.3 is 15.2 Å². The van der Waals surface area contributed by atoms with Crippen LogP contribution < -0.4 is 5.32 Å². The number of H-pyrrole nitrogens is 1. The molecule has 8 heteroatoms. The fourth-order valence-corrected chi connectivity index (χ4v) is 3.59. The number of aromatic nitrogens is 2. The van der Waals surface area contributed by atoms with Crippen molar-refractivity contribution in [2.24, 2.45) is 5.92 Å². The summed E-state index contributed by atoms with van der Waals surface area (Å²) in [5.41, 5.74) is 1.65. The number of hydrogen-bond donors (Lipinski definition) is 2. The van der Waals surface area contributed by atoms with Crippen molar-refractivity contribution >= 4 is 34.4 Å². The van der Waals surface area contributed by atoms with Gasteiger partial charge >= 0.3 is 0 Å². The van der Waals surface area contributed by atoms with Gasteiger partial charge in [-0.05, 0) is 24.1 Å². The summed E-state index contributed by atoms with van der Waals surface area (Å²) in [5.74, 6) is 0.982. The molecule has 2 amide bonds. The number of piperazine rings is 1.